The molecule has 0 radical (unpaired) electrons. The first-order valence-corrected chi connectivity index (χ1v) is 20.5. The van der Waals surface area contributed by atoms with Crippen LogP contribution in [0.15, 0.2) is 0 Å². The van der Waals surface area contributed by atoms with Crippen molar-refractivity contribution < 1.29 is 129 Å². The van der Waals surface area contributed by atoms with Crippen molar-refractivity contribution in [2.75, 3.05) is 66.1 Å². The topological polar surface area (TPSA) is 416 Å². The molecule has 0 aromatic heterocycles. The van der Waals surface area contributed by atoms with Gasteiger partial charge in [-0.1, -0.05) is 0 Å². The van der Waals surface area contributed by atoms with Gasteiger partial charge in [-0.3, -0.25) is 0 Å². The van der Waals surface area contributed by atoms with Crippen molar-refractivity contribution in [2.45, 2.75) is 161 Å². The minimum absolute atomic E-state index is 0.0522. The summed E-state index contributed by atoms with van der Waals surface area (Å²) in [6, 6.07) is 0. The van der Waals surface area contributed by atoms with Gasteiger partial charge in [0.05, 0.1) is 39.6 Å². The van der Waals surface area contributed by atoms with E-state index in [0.717, 1.165) is 0 Å². The molecule has 0 aromatic carbocycles. The van der Waals surface area contributed by atoms with E-state index in [1.54, 1.807) is 0 Å². The highest BCUT2D eigenvalue weighted by atomic mass is 16.7. The van der Waals surface area contributed by atoms with Crippen LogP contribution in [0.2, 0.25) is 0 Å². The minimum Gasteiger partial charge on any atom is -0.394 e. The van der Waals surface area contributed by atoms with Gasteiger partial charge < -0.3 is 129 Å². The van der Waals surface area contributed by atoms with E-state index < -0.39 is 175 Å². The number of aliphatic hydroxyl groups excluding tert-OH is 16. The highest BCUT2D eigenvalue weighted by molar-refractivity contribution is 4.92. The van der Waals surface area contributed by atoms with E-state index in [4.69, 9.17) is 47.4 Å². The van der Waals surface area contributed by atoms with Crippen molar-refractivity contribution >= 4 is 0 Å². The van der Waals surface area contributed by atoms with Crippen molar-refractivity contribution in [1.82, 2.24) is 0 Å². The summed E-state index contributed by atoms with van der Waals surface area (Å²) in [7, 11) is 0. The zero-order valence-electron chi connectivity index (χ0n) is 33.8. The third-order valence-corrected chi connectivity index (χ3v) is 11.0. The van der Waals surface area contributed by atoms with Gasteiger partial charge in [0.15, 0.2) is 25.2 Å². The molecule has 0 spiro atoms. The van der Waals surface area contributed by atoms with Crippen molar-refractivity contribution in [3.8, 4) is 0 Å². The van der Waals surface area contributed by atoms with Crippen molar-refractivity contribution in [1.29, 1.82) is 0 Å². The number of rotatable bonds is 25. The van der Waals surface area contributed by atoms with Gasteiger partial charge in [-0.25, -0.2) is 0 Å². The second kappa shape index (κ2) is 26.3. The minimum atomic E-state index is -1.79. The van der Waals surface area contributed by atoms with Gasteiger partial charge in [0, 0.05) is 26.4 Å². The molecule has 22 atom stereocenters. The average Bonchev–Trinajstić information content (AvgIpc) is 3.27. The van der Waals surface area contributed by atoms with Crippen LogP contribution in [0.3, 0.4) is 0 Å². The summed E-state index contributed by atoms with van der Waals surface area (Å²) in [5.74, 6) is 0. The van der Waals surface area contributed by atoms with Crippen LogP contribution in [0, 0.1) is 0 Å². The molecule has 26 heteroatoms. The Hall–Kier alpha value is -1.04. The number of hydrogen-bond donors (Lipinski definition) is 16. The normalized spacial score (nSPS) is 42.8. The zero-order chi connectivity index (χ0) is 45.7. The van der Waals surface area contributed by atoms with E-state index in [0.29, 0.717) is 0 Å². The van der Waals surface area contributed by atoms with E-state index >= 15 is 0 Å². The summed E-state index contributed by atoms with van der Waals surface area (Å²) in [6.45, 7) is -3.97. The summed E-state index contributed by atoms with van der Waals surface area (Å²) in [5.41, 5.74) is 0. The molecule has 0 aromatic rings. The molecule has 4 rings (SSSR count). The highest BCUT2D eigenvalue weighted by Gasteiger charge is 2.48. The molecule has 26 nitrogen and oxygen atoms in total. The van der Waals surface area contributed by atoms with Crippen LogP contribution < -0.4 is 0 Å². The van der Waals surface area contributed by atoms with Crippen LogP contribution in [0.1, 0.15) is 25.7 Å². The summed E-state index contributed by atoms with van der Waals surface area (Å²) in [5, 5.41) is 161. The van der Waals surface area contributed by atoms with Gasteiger partial charge in [0.2, 0.25) is 0 Å². The van der Waals surface area contributed by atoms with E-state index in [-0.39, 0.29) is 52.1 Å². The summed E-state index contributed by atoms with van der Waals surface area (Å²) in [6.07, 6.45) is -32.4. The monoisotopic (exact) mass is 914 g/mol. The fraction of sp³-hybridized carbons (Fsp3) is 1.00. The third kappa shape index (κ3) is 14.0. The molecular weight excluding hydrogens is 848 g/mol. The average molecular weight is 915 g/mol. The molecule has 4 heterocycles. The summed E-state index contributed by atoms with van der Waals surface area (Å²) < 4.78 is 56.5. The maximum absolute atomic E-state index is 10.6. The lowest BCUT2D eigenvalue weighted by molar-refractivity contribution is -0.315. The highest BCUT2D eigenvalue weighted by Crippen LogP contribution is 2.27. The molecule has 62 heavy (non-hydrogen) atoms. The van der Waals surface area contributed by atoms with Gasteiger partial charge in [-0.05, 0) is 25.7 Å². The Morgan fingerprint density at radius 1 is 0.306 bits per heavy atom. The summed E-state index contributed by atoms with van der Waals surface area (Å²) in [4.78, 5) is 0. The standard InChI is InChI=1S/C36H66O26/c37-9-15-21(41)25(45)29(49)33(59-15)55-7-3-1-5-53-19(13-57-35-31(51)27(47)23(43)17(11-39)61-35)20(14-58-36-32(52)28(48)24(44)18(12-40)62-36)54-6-2-4-8-56-34-30(50)26(46)22(42)16(10-38)60-34/h15-52H,1-14H2/t15-,16-,17-,18-,19+,20+,21-,22-,23-,24-,25+,26+,27+,28+,29+,30+,31+,32+,33+,34+,35+,36+/m1/s1. The Kier molecular flexibility index (Phi) is 22.8. The van der Waals surface area contributed by atoms with Gasteiger partial charge in [0.25, 0.3) is 0 Å². The predicted octanol–water partition coefficient (Wildman–Crippen LogP) is -9.42. The molecule has 0 bridgehead atoms. The first-order valence-electron chi connectivity index (χ1n) is 20.5. The van der Waals surface area contributed by atoms with E-state index in [9.17, 15) is 81.7 Å². The molecule has 16 N–H and O–H groups in total. The van der Waals surface area contributed by atoms with Crippen LogP contribution in [0.5, 0.6) is 0 Å². The third-order valence-electron chi connectivity index (χ3n) is 11.0. The predicted molar refractivity (Wildman–Crippen MR) is 197 cm³/mol. The maximum Gasteiger partial charge on any atom is 0.186 e. The molecule has 0 amide bonds. The summed E-state index contributed by atoms with van der Waals surface area (Å²) >= 11 is 0. The lowest BCUT2D eigenvalue weighted by Gasteiger charge is -2.41. The molecule has 4 fully saturated rings. The SMILES string of the molecule is OC[C@H]1O[C@H](OCCCCO[C@@H](CO[C@H]2O[C@H](CO)[C@@H](O)[C@H](O)[C@@H]2O)[C@H](CO[C@H]2O[C@H](CO)[C@@H](O)[C@H](O)[C@@H]2O)OCCCCO[C@H]2O[C@H](CO)[C@@H](O)[C@H](O)[C@@H]2O)[C@@H](O)[C@@H](O)[C@@H]1O. The Labute approximate surface area is 355 Å². The molecule has 4 saturated heterocycles. The molecule has 0 aliphatic carbocycles. The molecule has 0 saturated carbocycles. The molecule has 4 aliphatic rings. The van der Waals surface area contributed by atoms with Crippen LogP contribution in [-0.2, 0) is 47.4 Å². The van der Waals surface area contributed by atoms with Crippen LogP contribution in [0.25, 0.3) is 0 Å². The Morgan fingerprint density at radius 2 is 0.548 bits per heavy atom. The smallest absolute Gasteiger partial charge is 0.186 e. The van der Waals surface area contributed by atoms with Crippen LogP contribution >= 0.6 is 0 Å². The van der Waals surface area contributed by atoms with Gasteiger partial charge in [-0.2, -0.15) is 0 Å². The van der Waals surface area contributed by atoms with E-state index in [2.05, 4.69) is 0 Å². The van der Waals surface area contributed by atoms with Crippen LogP contribution in [-0.4, -0.2) is 283 Å². The second-order valence-electron chi connectivity index (χ2n) is 15.4. The number of ether oxygens (including phenoxy) is 10. The number of unbranched alkanes of at least 4 members (excludes halogenated alkanes) is 2. The first kappa shape index (κ1) is 53.6. The maximum atomic E-state index is 10.6. The van der Waals surface area contributed by atoms with Crippen molar-refractivity contribution in [2.24, 2.45) is 0 Å². The lowest BCUT2D eigenvalue weighted by atomic mass is 9.99. The van der Waals surface area contributed by atoms with Crippen LogP contribution in [0.4, 0.5) is 0 Å². The van der Waals surface area contributed by atoms with Crippen molar-refractivity contribution in [3.05, 3.63) is 0 Å². The molecule has 4 aliphatic heterocycles. The molecular formula is C36H66O26. The number of hydrogen-bond acceptors (Lipinski definition) is 26. The quantitative estimate of drug-likeness (QED) is 0.0378. The van der Waals surface area contributed by atoms with E-state index in [1.807, 2.05) is 0 Å². The van der Waals surface area contributed by atoms with Gasteiger partial charge in [-0.15, -0.1) is 0 Å². The number of aliphatic hydroxyl groups is 16. The molecule has 366 valence electrons. The van der Waals surface area contributed by atoms with Gasteiger partial charge in [0.1, 0.15) is 110 Å². The Bertz CT molecular complexity index is 1130. The second-order valence-corrected chi connectivity index (χ2v) is 15.4. The fourth-order valence-electron chi connectivity index (χ4n) is 7.00. The first-order chi connectivity index (χ1) is 29.6. The largest absolute Gasteiger partial charge is 0.394 e. The lowest BCUT2D eigenvalue weighted by Crippen LogP contribution is -2.60. The van der Waals surface area contributed by atoms with Crippen molar-refractivity contribution in [3.63, 3.8) is 0 Å². The Balaban J connectivity index is 1.42. The zero-order valence-corrected chi connectivity index (χ0v) is 33.8. The van der Waals surface area contributed by atoms with E-state index in [1.165, 1.54) is 0 Å². The fourth-order valence-corrected chi connectivity index (χ4v) is 7.00. The Morgan fingerprint density at radius 3 is 0.806 bits per heavy atom. The van der Waals surface area contributed by atoms with Gasteiger partial charge >= 0.3 is 0 Å². The molecule has 0 unspecified atom stereocenters.